The van der Waals surface area contributed by atoms with Gasteiger partial charge in [-0.3, -0.25) is 9.48 Å². The number of hydrogen-bond acceptors (Lipinski definition) is 4. The number of hydrogen-bond donors (Lipinski definition) is 0. The van der Waals surface area contributed by atoms with Gasteiger partial charge in [-0.05, 0) is 50.2 Å². The Morgan fingerprint density at radius 1 is 1.40 bits per heavy atom. The van der Waals surface area contributed by atoms with Crippen LogP contribution in [0, 0.1) is 12.8 Å². The molecule has 3 heterocycles. The van der Waals surface area contributed by atoms with Crippen LogP contribution in [0.4, 0.5) is 0 Å². The number of rotatable bonds is 6. The van der Waals surface area contributed by atoms with Crippen LogP contribution in [0.2, 0.25) is 0 Å². The molecule has 2 aromatic rings. The Hall–Kier alpha value is -2.08. The van der Waals surface area contributed by atoms with Crippen molar-refractivity contribution in [1.82, 2.24) is 14.7 Å². The third kappa shape index (κ3) is 3.49. The summed E-state index contributed by atoms with van der Waals surface area (Å²) in [4.78, 5) is 15.0. The molecular formula is C19H25N3O3. The lowest BCUT2D eigenvalue weighted by atomic mass is 10.0. The summed E-state index contributed by atoms with van der Waals surface area (Å²) in [6.45, 7) is 3.38. The van der Waals surface area contributed by atoms with E-state index in [1.165, 1.54) is 12.8 Å². The Bertz CT molecular complexity index is 747. The highest BCUT2D eigenvalue weighted by molar-refractivity contribution is 5.95. The van der Waals surface area contributed by atoms with Gasteiger partial charge in [-0.2, -0.15) is 5.10 Å². The van der Waals surface area contributed by atoms with E-state index in [1.54, 1.807) is 17.0 Å². The van der Waals surface area contributed by atoms with Gasteiger partial charge >= 0.3 is 0 Å². The van der Waals surface area contributed by atoms with Gasteiger partial charge in [0.1, 0.15) is 5.76 Å². The minimum atomic E-state index is 0.0395. The summed E-state index contributed by atoms with van der Waals surface area (Å²) in [5.74, 6) is 1.44. The van der Waals surface area contributed by atoms with E-state index < -0.39 is 0 Å². The maximum Gasteiger partial charge on any atom is 0.257 e. The van der Waals surface area contributed by atoms with Crippen LogP contribution in [0.25, 0.3) is 0 Å². The SMILES string of the molecule is Cc1occc1C(=O)N1CC[C@@H](OCC2CC2)[C@H]1Cc1cnn(C)c1. The van der Waals surface area contributed by atoms with Crippen LogP contribution in [0.3, 0.4) is 0 Å². The molecule has 134 valence electrons. The monoisotopic (exact) mass is 343 g/mol. The molecule has 0 N–H and O–H groups in total. The summed E-state index contributed by atoms with van der Waals surface area (Å²) in [5, 5.41) is 4.26. The minimum Gasteiger partial charge on any atom is -0.469 e. The second kappa shape index (κ2) is 6.67. The summed E-state index contributed by atoms with van der Waals surface area (Å²) in [6.07, 6.45) is 9.77. The average Bonchev–Trinajstić information content (AvgIpc) is 2.97. The van der Waals surface area contributed by atoms with Gasteiger partial charge in [-0.1, -0.05) is 0 Å². The first-order valence-corrected chi connectivity index (χ1v) is 9.06. The van der Waals surface area contributed by atoms with Crippen LogP contribution in [0.15, 0.2) is 29.1 Å². The van der Waals surface area contributed by atoms with Crippen molar-refractivity contribution in [2.45, 2.75) is 44.8 Å². The van der Waals surface area contributed by atoms with Crippen molar-refractivity contribution < 1.29 is 13.9 Å². The molecule has 4 rings (SSSR count). The predicted octanol–water partition coefficient (Wildman–Crippen LogP) is 2.57. The van der Waals surface area contributed by atoms with Crippen molar-refractivity contribution >= 4 is 5.91 Å². The molecular weight excluding hydrogens is 318 g/mol. The van der Waals surface area contributed by atoms with E-state index in [4.69, 9.17) is 9.15 Å². The quantitative estimate of drug-likeness (QED) is 0.809. The normalized spacial score (nSPS) is 23.4. The highest BCUT2D eigenvalue weighted by Crippen LogP contribution is 2.32. The zero-order valence-electron chi connectivity index (χ0n) is 14.9. The van der Waals surface area contributed by atoms with Crippen molar-refractivity contribution in [3.8, 4) is 0 Å². The fourth-order valence-electron chi connectivity index (χ4n) is 3.64. The second-order valence-electron chi connectivity index (χ2n) is 7.29. The molecule has 2 aliphatic rings. The molecule has 1 aliphatic heterocycles. The number of aromatic nitrogens is 2. The largest absolute Gasteiger partial charge is 0.469 e. The van der Waals surface area contributed by atoms with Gasteiger partial charge in [-0.25, -0.2) is 0 Å². The lowest BCUT2D eigenvalue weighted by molar-refractivity contribution is 0.0199. The molecule has 2 aromatic heterocycles. The molecule has 25 heavy (non-hydrogen) atoms. The van der Waals surface area contributed by atoms with Crippen molar-refractivity contribution in [3.63, 3.8) is 0 Å². The van der Waals surface area contributed by atoms with Crippen LogP contribution in [-0.2, 0) is 18.2 Å². The van der Waals surface area contributed by atoms with E-state index in [0.29, 0.717) is 11.3 Å². The Morgan fingerprint density at radius 3 is 2.88 bits per heavy atom. The van der Waals surface area contributed by atoms with Gasteiger partial charge in [0.2, 0.25) is 0 Å². The molecule has 0 spiro atoms. The van der Waals surface area contributed by atoms with Crippen LogP contribution in [0.1, 0.15) is 40.9 Å². The molecule has 1 amide bonds. The molecule has 1 saturated heterocycles. The molecule has 0 bridgehead atoms. The fourth-order valence-corrected chi connectivity index (χ4v) is 3.64. The predicted molar refractivity (Wildman–Crippen MR) is 92.3 cm³/mol. The highest BCUT2D eigenvalue weighted by atomic mass is 16.5. The number of likely N-dealkylation sites (tertiary alicyclic amines) is 1. The first kappa shape index (κ1) is 16.4. The maximum absolute atomic E-state index is 13.0. The molecule has 2 fully saturated rings. The van der Waals surface area contributed by atoms with E-state index in [0.717, 1.165) is 37.5 Å². The number of carbonyl (C=O) groups excluding carboxylic acids is 1. The highest BCUT2D eigenvalue weighted by Gasteiger charge is 2.39. The average molecular weight is 343 g/mol. The van der Waals surface area contributed by atoms with E-state index in [-0.39, 0.29) is 18.1 Å². The standard InChI is InChI=1S/C19H25N3O3/c1-13-16(6-8-24-13)19(23)22-7-5-18(25-12-14-3-4-14)17(22)9-15-10-20-21(2)11-15/h6,8,10-11,14,17-18H,3-5,7,9,12H2,1-2H3/t17-,18-/m1/s1. The molecule has 0 aromatic carbocycles. The minimum absolute atomic E-state index is 0.0395. The smallest absolute Gasteiger partial charge is 0.257 e. The second-order valence-corrected chi connectivity index (χ2v) is 7.29. The number of nitrogens with zero attached hydrogens (tertiary/aromatic N) is 3. The van der Waals surface area contributed by atoms with Gasteiger partial charge in [0.15, 0.2) is 0 Å². The van der Waals surface area contributed by atoms with Crippen LogP contribution in [-0.4, -0.2) is 45.9 Å². The first-order valence-electron chi connectivity index (χ1n) is 9.06. The molecule has 6 nitrogen and oxygen atoms in total. The lowest BCUT2D eigenvalue weighted by Gasteiger charge is -2.28. The third-order valence-corrected chi connectivity index (χ3v) is 5.28. The molecule has 0 unspecified atom stereocenters. The van der Waals surface area contributed by atoms with Crippen LogP contribution < -0.4 is 0 Å². The molecule has 6 heteroatoms. The van der Waals surface area contributed by atoms with Crippen molar-refractivity contribution in [2.75, 3.05) is 13.2 Å². The number of amides is 1. The topological polar surface area (TPSA) is 60.5 Å². The van der Waals surface area contributed by atoms with Crippen molar-refractivity contribution in [2.24, 2.45) is 13.0 Å². The zero-order valence-corrected chi connectivity index (χ0v) is 14.9. The Morgan fingerprint density at radius 2 is 2.24 bits per heavy atom. The van der Waals surface area contributed by atoms with Crippen molar-refractivity contribution in [3.05, 3.63) is 41.6 Å². The molecule has 1 aliphatic carbocycles. The summed E-state index contributed by atoms with van der Waals surface area (Å²) in [6, 6.07) is 1.81. The molecule has 1 saturated carbocycles. The number of carbonyl (C=O) groups is 1. The fraction of sp³-hybridized carbons (Fsp3) is 0.579. The van der Waals surface area contributed by atoms with E-state index >= 15 is 0 Å². The zero-order chi connectivity index (χ0) is 17.4. The number of aryl methyl sites for hydroxylation is 2. The van der Waals surface area contributed by atoms with Gasteiger partial charge in [0.05, 0.1) is 30.2 Å². The van der Waals surface area contributed by atoms with Gasteiger partial charge in [0.25, 0.3) is 5.91 Å². The summed E-state index contributed by atoms with van der Waals surface area (Å²) in [7, 11) is 1.91. The molecule has 0 radical (unpaired) electrons. The van der Waals surface area contributed by atoms with Crippen LogP contribution in [0.5, 0.6) is 0 Å². The van der Waals surface area contributed by atoms with Gasteiger partial charge in [0, 0.05) is 26.4 Å². The lowest BCUT2D eigenvalue weighted by Crippen LogP contribution is -2.42. The van der Waals surface area contributed by atoms with Crippen LogP contribution >= 0.6 is 0 Å². The molecule has 2 atom stereocenters. The number of furan rings is 1. The summed E-state index contributed by atoms with van der Waals surface area (Å²) in [5.41, 5.74) is 1.79. The Kier molecular flexibility index (Phi) is 4.37. The summed E-state index contributed by atoms with van der Waals surface area (Å²) >= 11 is 0. The van der Waals surface area contributed by atoms with E-state index in [1.807, 2.05) is 31.3 Å². The Balaban J connectivity index is 1.53. The van der Waals surface area contributed by atoms with Crippen molar-refractivity contribution in [1.29, 1.82) is 0 Å². The van der Waals surface area contributed by atoms with E-state index in [2.05, 4.69) is 5.10 Å². The summed E-state index contributed by atoms with van der Waals surface area (Å²) < 4.78 is 13.3. The first-order chi connectivity index (χ1) is 12.1. The van der Waals surface area contributed by atoms with Gasteiger partial charge < -0.3 is 14.1 Å². The maximum atomic E-state index is 13.0. The van der Waals surface area contributed by atoms with Gasteiger partial charge in [-0.15, -0.1) is 0 Å². The van der Waals surface area contributed by atoms with E-state index in [9.17, 15) is 4.79 Å². The third-order valence-electron chi connectivity index (χ3n) is 5.28. The number of ether oxygens (including phenoxy) is 1. The Labute approximate surface area is 147 Å².